The van der Waals surface area contributed by atoms with Gasteiger partial charge in [0.25, 0.3) is 0 Å². The van der Waals surface area contributed by atoms with Gasteiger partial charge in [0.05, 0.1) is 6.20 Å². The normalized spacial score (nSPS) is 10.8. The summed E-state index contributed by atoms with van der Waals surface area (Å²) >= 11 is 0. The van der Waals surface area contributed by atoms with E-state index in [0.29, 0.717) is 12.4 Å². The van der Waals surface area contributed by atoms with Gasteiger partial charge >= 0.3 is 0 Å². The van der Waals surface area contributed by atoms with Gasteiger partial charge in [-0.1, -0.05) is 12.1 Å². The summed E-state index contributed by atoms with van der Waals surface area (Å²) in [7, 11) is 0. The van der Waals surface area contributed by atoms with Crippen LogP contribution in [0.25, 0.3) is 6.08 Å². The minimum atomic E-state index is -0.308. The first-order valence-electron chi connectivity index (χ1n) is 5.64. The third-order valence-corrected chi connectivity index (χ3v) is 2.50. The monoisotopic (exact) mass is 260 g/mol. The molecule has 0 spiro atoms. The fourth-order valence-corrected chi connectivity index (χ4v) is 1.45. The van der Waals surface area contributed by atoms with E-state index in [1.807, 2.05) is 0 Å². The summed E-state index contributed by atoms with van der Waals surface area (Å²) in [6.07, 6.45) is 4.54. The Kier molecular flexibility index (Phi) is 3.92. The molecule has 0 unspecified atom stereocenters. The number of halogens is 1. The number of H-pyrrole nitrogens is 1. The Morgan fingerprint density at radius 1 is 1.42 bits per heavy atom. The number of nitrogens with one attached hydrogen (secondary N) is 2. The molecule has 6 heteroatoms. The number of nitrogens with zero attached hydrogens (tertiary/aromatic N) is 1. The zero-order valence-electron chi connectivity index (χ0n) is 10.1. The maximum Gasteiger partial charge on any atom is 0.244 e. The summed E-state index contributed by atoms with van der Waals surface area (Å²) in [6, 6.07) is 5.86. The lowest BCUT2D eigenvalue weighted by molar-refractivity contribution is -0.116. The summed E-state index contributed by atoms with van der Waals surface area (Å²) in [5.41, 5.74) is 7.06. The molecule has 2 rings (SSSR count). The number of carbonyl (C=O) groups excluding carboxylic acids is 1. The quantitative estimate of drug-likeness (QED) is 0.728. The molecule has 0 radical (unpaired) electrons. The molecule has 1 amide bonds. The SMILES string of the molecule is Nc1[nH]ncc1CNC(=O)C=Cc1ccc(F)cc1. The van der Waals surface area contributed by atoms with Gasteiger partial charge in [-0.05, 0) is 23.8 Å². The lowest BCUT2D eigenvalue weighted by Crippen LogP contribution is -2.20. The van der Waals surface area contributed by atoms with Crippen molar-refractivity contribution in [1.82, 2.24) is 15.5 Å². The number of aromatic nitrogens is 2. The molecule has 5 nitrogen and oxygen atoms in total. The second-order valence-corrected chi connectivity index (χ2v) is 3.91. The highest BCUT2D eigenvalue weighted by Crippen LogP contribution is 2.06. The van der Waals surface area contributed by atoms with Gasteiger partial charge in [0.2, 0.25) is 5.91 Å². The van der Waals surface area contributed by atoms with E-state index in [0.717, 1.165) is 11.1 Å². The number of hydrogen-bond donors (Lipinski definition) is 3. The first-order chi connectivity index (χ1) is 9.15. The Balaban J connectivity index is 1.87. The van der Waals surface area contributed by atoms with Crippen LogP contribution >= 0.6 is 0 Å². The zero-order valence-corrected chi connectivity index (χ0v) is 10.1. The summed E-state index contributed by atoms with van der Waals surface area (Å²) in [5, 5.41) is 8.99. The highest BCUT2D eigenvalue weighted by Gasteiger charge is 2.02. The first-order valence-corrected chi connectivity index (χ1v) is 5.64. The number of anilines is 1. The molecule has 1 heterocycles. The van der Waals surface area contributed by atoms with Crippen molar-refractivity contribution in [1.29, 1.82) is 0 Å². The summed E-state index contributed by atoms with van der Waals surface area (Å²) in [6.45, 7) is 0.301. The van der Waals surface area contributed by atoms with Gasteiger partial charge in [-0.25, -0.2) is 4.39 Å². The number of aromatic amines is 1. The number of carbonyl (C=O) groups is 1. The Labute approximate surface area is 109 Å². The standard InChI is InChI=1S/C13H13FN4O/c14-11-4-1-9(2-5-11)3-6-12(19)16-7-10-8-17-18-13(10)15/h1-6,8H,7H2,(H,16,19)(H3,15,17,18). The molecule has 0 saturated carbocycles. The van der Waals surface area contributed by atoms with Gasteiger partial charge in [0.15, 0.2) is 0 Å². The van der Waals surface area contributed by atoms with E-state index in [9.17, 15) is 9.18 Å². The fourth-order valence-electron chi connectivity index (χ4n) is 1.45. The first kappa shape index (κ1) is 12.8. The van der Waals surface area contributed by atoms with Crippen molar-refractivity contribution in [2.45, 2.75) is 6.54 Å². The van der Waals surface area contributed by atoms with Gasteiger partial charge in [0, 0.05) is 18.2 Å². The van der Waals surface area contributed by atoms with E-state index in [-0.39, 0.29) is 11.7 Å². The van der Waals surface area contributed by atoms with Crippen LogP contribution in [-0.2, 0) is 11.3 Å². The van der Waals surface area contributed by atoms with Crippen LogP contribution in [0.4, 0.5) is 10.2 Å². The van der Waals surface area contributed by atoms with Crippen LogP contribution in [0.15, 0.2) is 36.5 Å². The van der Waals surface area contributed by atoms with Gasteiger partial charge in [0.1, 0.15) is 11.6 Å². The topological polar surface area (TPSA) is 83.8 Å². The fraction of sp³-hybridized carbons (Fsp3) is 0.0769. The Morgan fingerprint density at radius 3 is 2.79 bits per heavy atom. The van der Waals surface area contributed by atoms with E-state index in [1.54, 1.807) is 24.4 Å². The van der Waals surface area contributed by atoms with Gasteiger partial charge in [-0.15, -0.1) is 0 Å². The van der Waals surface area contributed by atoms with Crippen molar-refractivity contribution in [2.24, 2.45) is 0 Å². The van der Waals surface area contributed by atoms with Crippen molar-refractivity contribution in [3.05, 3.63) is 53.5 Å². The van der Waals surface area contributed by atoms with Crippen LogP contribution in [0.3, 0.4) is 0 Å². The summed E-state index contributed by atoms with van der Waals surface area (Å²) in [5.74, 6) is -0.134. The molecule has 19 heavy (non-hydrogen) atoms. The van der Waals surface area contributed by atoms with Crippen LogP contribution in [0.1, 0.15) is 11.1 Å². The average Bonchev–Trinajstić information content (AvgIpc) is 2.81. The third kappa shape index (κ3) is 3.67. The molecule has 1 aromatic carbocycles. The molecule has 98 valence electrons. The highest BCUT2D eigenvalue weighted by atomic mass is 19.1. The van der Waals surface area contributed by atoms with Gasteiger partial charge < -0.3 is 11.1 Å². The molecule has 0 aliphatic heterocycles. The molecule has 0 atom stereocenters. The molecule has 0 bridgehead atoms. The number of nitrogen functional groups attached to an aromatic ring is 1. The molecular formula is C13H13FN4O. The van der Waals surface area contributed by atoms with Crippen LogP contribution in [0.2, 0.25) is 0 Å². The lowest BCUT2D eigenvalue weighted by Gasteiger charge is -2.00. The van der Waals surface area contributed by atoms with Crippen LogP contribution < -0.4 is 11.1 Å². The number of rotatable bonds is 4. The Morgan fingerprint density at radius 2 is 2.16 bits per heavy atom. The predicted molar refractivity (Wildman–Crippen MR) is 70.3 cm³/mol. The maximum atomic E-state index is 12.7. The smallest absolute Gasteiger partial charge is 0.244 e. The van der Waals surface area contributed by atoms with Crippen molar-refractivity contribution >= 4 is 17.8 Å². The summed E-state index contributed by atoms with van der Waals surface area (Å²) in [4.78, 5) is 11.5. The average molecular weight is 260 g/mol. The number of nitrogens with two attached hydrogens (primary N) is 1. The minimum absolute atomic E-state index is 0.259. The number of benzene rings is 1. The lowest BCUT2D eigenvalue weighted by atomic mass is 10.2. The Hall–Kier alpha value is -2.63. The molecule has 0 fully saturated rings. The van der Waals surface area contributed by atoms with E-state index in [2.05, 4.69) is 15.5 Å². The molecule has 1 aromatic heterocycles. The number of hydrogen-bond acceptors (Lipinski definition) is 3. The molecule has 0 aliphatic rings. The van der Waals surface area contributed by atoms with Crippen molar-refractivity contribution in [3.8, 4) is 0 Å². The van der Waals surface area contributed by atoms with E-state index >= 15 is 0 Å². The third-order valence-electron chi connectivity index (χ3n) is 2.50. The van der Waals surface area contributed by atoms with Crippen molar-refractivity contribution in [3.63, 3.8) is 0 Å². The predicted octanol–water partition coefficient (Wildman–Crippen LogP) is 1.46. The second-order valence-electron chi connectivity index (χ2n) is 3.91. The van der Waals surface area contributed by atoms with E-state index < -0.39 is 0 Å². The van der Waals surface area contributed by atoms with Crippen molar-refractivity contribution < 1.29 is 9.18 Å². The largest absolute Gasteiger partial charge is 0.384 e. The van der Waals surface area contributed by atoms with Gasteiger partial charge in [-0.3, -0.25) is 9.89 Å². The van der Waals surface area contributed by atoms with Crippen molar-refractivity contribution in [2.75, 3.05) is 5.73 Å². The van der Waals surface area contributed by atoms with Crippen LogP contribution in [0, 0.1) is 5.82 Å². The molecular weight excluding hydrogens is 247 g/mol. The molecule has 2 aromatic rings. The maximum absolute atomic E-state index is 12.7. The molecule has 0 saturated heterocycles. The van der Waals surface area contributed by atoms with Gasteiger partial charge in [-0.2, -0.15) is 5.10 Å². The van der Waals surface area contributed by atoms with Crippen LogP contribution in [-0.4, -0.2) is 16.1 Å². The molecule has 0 aliphatic carbocycles. The molecule has 4 N–H and O–H groups in total. The minimum Gasteiger partial charge on any atom is -0.384 e. The summed E-state index contributed by atoms with van der Waals surface area (Å²) < 4.78 is 12.7. The highest BCUT2D eigenvalue weighted by molar-refractivity contribution is 5.91. The zero-order chi connectivity index (χ0) is 13.7. The second kappa shape index (κ2) is 5.81. The Bertz CT molecular complexity index is 589. The van der Waals surface area contributed by atoms with E-state index in [4.69, 9.17) is 5.73 Å². The van der Waals surface area contributed by atoms with E-state index in [1.165, 1.54) is 18.2 Å². The van der Waals surface area contributed by atoms with Crippen LogP contribution in [0.5, 0.6) is 0 Å². The number of amides is 1.